The summed E-state index contributed by atoms with van der Waals surface area (Å²) in [5.74, 6) is 1.35. The maximum atomic E-state index is 6.15. The number of halogens is 1. The van der Waals surface area contributed by atoms with Crippen molar-refractivity contribution in [3.05, 3.63) is 41.4 Å². The van der Waals surface area contributed by atoms with E-state index in [1.54, 1.807) is 18.2 Å². The Morgan fingerprint density at radius 1 is 1.11 bits per heavy atom. The van der Waals surface area contributed by atoms with Gasteiger partial charge in [-0.15, -0.1) is 0 Å². The molecule has 0 heterocycles. The monoisotopic (exact) mass is 264 g/mol. The van der Waals surface area contributed by atoms with Gasteiger partial charge >= 0.3 is 0 Å². The van der Waals surface area contributed by atoms with Crippen LogP contribution < -0.4 is 20.9 Å². The number of methoxy groups -OCH3 is 1. The summed E-state index contributed by atoms with van der Waals surface area (Å²) in [5, 5.41) is 0.299. The van der Waals surface area contributed by atoms with Crippen LogP contribution in [0.2, 0.25) is 5.02 Å². The van der Waals surface area contributed by atoms with Crippen molar-refractivity contribution >= 4 is 23.0 Å². The quantitative estimate of drug-likeness (QED) is 0.835. The maximum Gasteiger partial charge on any atom is 0.174 e. The fourth-order valence-electron chi connectivity index (χ4n) is 1.50. The number of para-hydroxylation sites is 1. The molecule has 0 saturated carbocycles. The highest BCUT2D eigenvalue weighted by Gasteiger charge is 2.16. The first-order valence-corrected chi connectivity index (χ1v) is 5.65. The zero-order valence-electron chi connectivity index (χ0n) is 9.81. The standard InChI is InChI=1S/C13H13ClN2O2/c1-17-10-7-9(15)12(16)13(11(10)14)18-8-5-3-2-4-6-8/h2-7H,15-16H2,1H3. The predicted molar refractivity (Wildman–Crippen MR) is 73.3 cm³/mol. The molecule has 0 aliphatic heterocycles. The van der Waals surface area contributed by atoms with Crippen LogP contribution >= 0.6 is 11.6 Å². The number of benzene rings is 2. The molecule has 4 nitrogen and oxygen atoms in total. The van der Waals surface area contributed by atoms with E-state index >= 15 is 0 Å². The summed E-state index contributed by atoms with van der Waals surface area (Å²) in [4.78, 5) is 0. The van der Waals surface area contributed by atoms with Crippen LogP contribution in [0.1, 0.15) is 0 Å². The molecule has 0 bridgehead atoms. The highest BCUT2D eigenvalue weighted by molar-refractivity contribution is 6.34. The average Bonchev–Trinajstić information content (AvgIpc) is 2.40. The highest BCUT2D eigenvalue weighted by Crippen LogP contribution is 2.44. The Hall–Kier alpha value is -2.07. The predicted octanol–water partition coefficient (Wildman–Crippen LogP) is 3.31. The zero-order valence-corrected chi connectivity index (χ0v) is 10.6. The maximum absolute atomic E-state index is 6.15. The molecule has 0 amide bonds. The van der Waals surface area contributed by atoms with Crippen molar-refractivity contribution in [2.24, 2.45) is 0 Å². The van der Waals surface area contributed by atoms with Gasteiger partial charge in [0.2, 0.25) is 0 Å². The van der Waals surface area contributed by atoms with E-state index in [-0.39, 0.29) is 0 Å². The molecule has 0 saturated heterocycles. The van der Waals surface area contributed by atoms with Gasteiger partial charge in [0.1, 0.15) is 16.5 Å². The average molecular weight is 265 g/mol. The number of nitrogen functional groups attached to an aromatic ring is 2. The molecule has 0 fully saturated rings. The van der Waals surface area contributed by atoms with Gasteiger partial charge in [-0.25, -0.2) is 0 Å². The van der Waals surface area contributed by atoms with Gasteiger partial charge in [-0.05, 0) is 12.1 Å². The summed E-state index contributed by atoms with van der Waals surface area (Å²) >= 11 is 6.15. The molecule has 0 aliphatic rings. The Bertz CT molecular complexity index is 559. The van der Waals surface area contributed by atoms with Gasteiger partial charge in [-0.2, -0.15) is 0 Å². The first kappa shape index (κ1) is 12.4. The fourth-order valence-corrected chi connectivity index (χ4v) is 1.77. The van der Waals surface area contributed by atoms with Crippen molar-refractivity contribution in [3.63, 3.8) is 0 Å². The van der Waals surface area contributed by atoms with E-state index in [0.29, 0.717) is 33.6 Å². The second-order valence-electron chi connectivity index (χ2n) is 3.64. The topological polar surface area (TPSA) is 70.5 Å². The van der Waals surface area contributed by atoms with E-state index in [0.717, 1.165) is 0 Å². The van der Waals surface area contributed by atoms with E-state index < -0.39 is 0 Å². The molecule has 0 spiro atoms. The van der Waals surface area contributed by atoms with Crippen molar-refractivity contribution in [2.45, 2.75) is 0 Å². The van der Waals surface area contributed by atoms with Crippen LogP contribution in [-0.4, -0.2) is 7.11 Å². The molecule has 5 heteroatoms. The summed E-state index contributed by atoms with van der Waals surface area (Å²) in [6.07, 6.45) is 0. The van der Waals surface area contributed by atoms with Crippen LogP contribution in [-0.2, 0) is 0 Å². The summed E-state index contributed by atoms with van der Waals surface area (Å²) in [5.41, 5.74) is 12.3. The van der Waals surface area contributed by atoms with E-state index in [9.17, 15) is 0 Å². The third-order valence-electron chi connectivity index (χ3n) is 2.44. The second kappa shape index (κ2) is 5.06. The Kier molecular flexibility index (Phi) is 3.48. The SMILES string of the molecule is COc1cc(N)c(N)c(Oc2ccccc2)c1Cl. The van der Waals surface area contributed by atoms with Gasteiger partial charge < -0.3 is 20.9 Å². The molecule has 2 aromatic carbocycles. The van der Waals surface area contributed by atoms with Gasteiger partial charge in [0, 0.05) is 6.07 Å². The van der Waals surface area contributed by atoms with E-state index in [1.165, 1.54) is 7.11 Å². The van der Waals surface area contributed by atoms with Crippen molar-refractivity contribution in [1.29, 1.82) is 0 Å². The lowest BCUT2D eigenvalue weighted by atomic mass is 10.2. The van der Waals surface area contributed by atoms with E-state index in [2.05, 4.69) is 0 Å². The number of hydrogen-bond donors (Lipinski definition) is 2. The summed E-state index contributed by atoms with van der Waals surface area (Å²) in [6.45, 7) is 0. The van der Waals surface area contributed by atoms with Crippen LogP contribution in [0.3, 0.4) is 0 Å². The van der Waals surface area contributed by atoms with Crippen LogP contribution in [0.15, 0.2) is 36.4 Å². The number of ether oxygens (including phenoxy) is 2. The summed E-state index contributed by atoms with van der Waals surface area (Å²) in [6, 6.07) is 10.7. The van der Waals surface area contributed by atoms with Crippen LogP contribution in [0, 0.1) is 0 Å². The Morgan fingerprint density at radius 3 is 2.39 bits per heavy atom. The minimum atomic E-state index is 0.296. The van der Waals surface area contributed by atoms with Gasteiger partial charge in [0.05, 0.1) is 18.5 Å². The number of rotatable bonds is 3. The Labute approximate surface area is 110 Å². The molecule has 0 aliphatic carbocycles. The Balaban J connectivity index is 2.47. The normalized spacial score (nSPS) is 10.1. The molecule has 2 aromatic rings. The van der Waals surface area contributed by atoms with Crippen molar-refractivity contribution in [3.8, 4) is 17.2 Å². The lowest BCUT2D eigenvalue weighted by molar-refractivity contribution is 0.410. The van der Waals surface area contributed by atoms with Crippen molar-refractivity contribution < 1.29 is 9.47 Å². The van der Waals surface area contributed by atoms with E-state index in [1.807, 2.05) is 18.2 Å². The van der Waals surface area contributed by atoms with Gasteiger partial charge in [-0.1, -0.05) is 29.8 Å². The number of anilines is 2. The minimum absolute atomic E-state index is 0.296. The van der Waals surface area contributed by atoms with Crippen molar-refractivity contribution in [2.75, 3.05) is 18.6 Å². The molecule has 0 radical (unpaired) electrons. The molecule has 0 aromatic heterocycles. The largest absolute Gasteiger partial charge is 0.495 e. The van der Waals surface area contributed by atoms with Crippen LogP contribution in [0.4, 0.5) is 11.4 Å². The first-order chi connectivity index (χ1) is 8.63. The van der Waals surface area contributed by atoms with Crippen molar-refractivity contribution in [1.82, 2.24) is 0 Å². The van der Waals surface area contributed by atoms with Crippen LogP contribution in [0.5, 0.6) is 17.2 Å². The highest BCUT2D eigenvalue weighted by atomic mass is 35.5. The molecule has 18 heavy (non-hydrogen) atoms. The molecule has 2 rings (SSSR count). The summed E-state index contributed by atoms with van der Waals surface area (Å²) in [7, 11) is 1.50. The minimum Gasteiger partial charge on any atom is -0.495 e. The fraction of sp³-hybridized carbons (Fsp3) is 0.0769. The summed E-state index contributed by atoms with van der Waals surface area (Å²) < 4.78 is 10.8. The smallest absolute Gasteiger partial charge is 0.174 e. The van der Waals surface area contributed by atoms with Gasteiger partial charge in [-0.3, -0.25) is 0 Å². The lowest BCUT2D eigenvalue weighted by Gasteiger charge is -2.14. The zero-order chi connectivity index (χ0) is 13.1. The number of nitrogens with two attached hydrogens (primary N) is 2. The third-order valence-corrected chi connectivity index (χ3v) is 2.80. The van der Waals surface area contributed by atoms with Crippen LogP contribution in [0.25, 0.3) is 0 Å². The number of hydrogen-bond acceptors (Lipinski definition) is 4. The molecular formula is C13H13ClN2O2. The molecule has 0 unspecified atom stereocenters. The third kappa shape index (κ3) is 2.28. The second-order valence-corrected chi connectivity index (χ2v) is 4.02. The van der Waals surface area contributed by atoms with Gasteiger partial charge in [0.25, 0.3) is 0 Å². The Morgan fingerprint density at radius 2 is 1.78 bits per heavy atom. The molecular weight excluding hydrogens is 252 g/mol. The molecule has 0 atom stereocenters. The van der Waals surface area contributed by atoms with Gasteiger partial charge in [0.15, 0.2) is 5.75 Å². The molecule has 94 valence electrons. The lowest BCUT2D eigenvalue weighted by Crippen LogP contribution is -2.00. The molecule has 4 N–H and O–H groups in total. The van der Waals surface area contributed by atoms with E-state index in [4.69, 9.17) is 32.5 Å². The first-order valence-electron chi connectivity index (χ1n) is 5.27.